The Balaban J connectivity index is 1.14. The smallest absolute Gasteiger partial charge is 0.255 e. The number of fused-ring (bicyclic) bond motifs is 1. The monoisotopic (exact) mass is 540 g/mol. The van der Waals surface area contributed by atoms with E-state index in [9.17, 15) is 19.2 Å². The first-order valence-corrected chi connectivity index (χ1v) is 13.0. The van der Waals surface area contributed by atoms with Crippen LogP contribution in [0.5, 0.6) is 5.75 Å². The number of hydrogen-bond acceptors (Lipinski definition) is 7. The SMILES string of the molecule is O=C1CCC(N2Cc3cc(CNC(=O)c4ccc(OCCN5CCOCC5)c(Cl)c4)ccc3C2=O)C(=O)N1. The van der Waals surface area contributed by atoms with Crippen LogP contribution in [0.3, 0.4) is 0 Å². The highest BCUT2D eigenvalue weighted by molar-refractivity contribution is 6.32. The Labute approximate surface area is 225 Å². The standard InChI is InChI=1S/C27H29ClN4O6/c28-21-14-18(2-5-23(21)38-12-9-31-7-10-37-11-8-31)25(34)29-15-17-1-3-20-19(13-17)16-32(27(20)36)22-4-6-24(33)30-26(22)35/h1-3,5,13-14,22H,4,6-12,15-16H2,(H,29,34)(H,30,33,35). The minimum absolute atomic E-state index is 0.208. The van der Waals surface area contributed by atoms with Gasteiger partial charge < -0.3 is 19.7 Å². The quantitative estimate of drug-likeness (QED) is 0.490. The van der Waals surface area contributed by atoms with E-state index >= 15 is 0 Å². The minimum atomic E-state index is -0.660. The third-order valence-corrected chi connectivity index (χ3v) is 7.30. The highest BCUT2D eigenvalue weighted by Crippen LogP contribution is 2.29. The Hall–Kier alpha value is -3.47. The lowest BCUT2D eigenvalue weighted by Gasteiger charge is -2.29. The van der Waals surface area contributed by atoms with Gasteiger partial charge in [-0.2, -0.15) is 0 Å². The van der Waals surface area contributed by atoms with Gasteiger partial charge in [-0.1, -0.05) is 23.7 Å². The van der Waals surface area contributed by atoms with E-state index < -0.39 is 11.9 Å². The van der Waals surface area contributed by atoms with E-state index in [2.05, 4.69) is 15.5 Å². The summed E-state index contributed by atoms with van der Waals surface area (Å²) in [5.74, 6) is -0.747. The Morgan fingerprint density at radius 2 is 1.95 bits per heavy atom. The summed E-state index contributed by atoms with van der Waals surface area (Å²) < 4.78 is 11.1. The second kappa shape index (κ2) is 11.5. The van der Waals surface area contributed by atoms with Crippen molar-refractivity contribution in [1.82, 2.24) is 20.4 Å². The summed E-state index contributed by atoms with van der Waals surface area (Å²) in [6.45, 7) is 5.04. The summed E-state index contributed by atoms with van der Waals surface area (Å²) in [4.78, 5) is 53.0. The van der Waals surface area contributed by atoms with Crippen molar-refractivity contribution >= 4 is 35.2 Å². The van der Waals surface area contributed by atoms with E-state index in [0.29, 0.717) is 34.9 Å². The van der Waals surface area contributed by atoms with Crippen LogP contribution in [0, 0.1) is 0 Å². The molecular formula is C27H29ClN4O6. The molecule has 2 aromatic rings. The molecule has 2 fully saturated rings. The second-order valence-electron chi connectivity index (χ2n) is 9.52. The van der Waals surface area contributed by atoms with Crippen LogP contribution in [0.15, 0.2) is 36.4 Å². The van der Waals surface area contributed by atoms with Gasteiger partial charge in [0, 0.05) is 50.3 Å². The molecule has 1 atom stereocenters. The van der Waals surface area contributed by atoms with Gasteiger partial charge in [0.25, 0.3) is 11.8 Å². The van der Waals surface area contributed by atoms with Crippen molar-refractivity contribution < 1.29 is 28.7 Å². The molecule has 3 aliphatic rings. The fourth-order valence-corrected chi connectivity index (χ4v) is 5.13. The zero-order valence-electron chi connectivity index (χ0n) is 20.8. The van der Waals surface area contributed by atoms with Crippen molar-refractivity contribution in [3.8, 4) is 5.75 Å². The van der Waals surface area contributed by atoms with Gasteiger partial charge in [0.05, 0.1) is 18.2 Å². The number of carbonyl (C=O) groups excluding carboxylic acids is 4. The number of nitrogens with one attached hydrogen (secondary N) is 2. The number of morpholine rings is 1. The first kappa shape index (κ1) is 26.1. The Kier molecular flexibility index (Phi) is 7.92. The second-order valence-corrected chi connectivity index (χ2v) is 9.93. The molecule has 2 N–H and O–H groups in total. The molecule has 10 nitrogen and oxygen atoms in total. The lowest BCUT2D eigenvalue weighted by Crippen LogP contribution is -2.52. The predicted molar refractivity (Wildman–Crippen MR) is 138 cm³/mol. The molecule has 0 spiro atoms. The van der Waals surface area contributed by atoms with Gasteiger partial charge in [-0.15, -0.1) is 0 Å². The fraction of sp³-hybridized carbons (Fsp3) is 0.407. The lowest BCUT2D eigenvalue weighted by atomic mass is 10.0. The van der Waals surface area contributed by atoms with Crippen LogP contribution >= 0.6 is 11.6 Å². The molecule has 38 heavy (non-hydrogen) atoms. The van der Waals surface area contributed by atoms with E-state index in [1.54, 1.807) is 30.3 Å². The Morgan fingerprint density at radius 1 is 1.13 bits per heavy atom. The van der Waals surface area contributed by atoms with E-state index in [0.717, 1.165) is 44.0 Å². The molecule has 3 aliphatic heterocycles. The van der Waals surface area contributed by atoms with E-state index in [4.69, 9.17) is 21.1 Å². The number of piperidine rings is 1. The van der Waals surface area contributed by atoms with E-state index in [1.807, 2.05) is 6.07 Å². The summed E-state index contributed by atoms with van der Waals surface area (Å²) in [6.07, 6.45) is 0.521. The van der Waals surface area contributed by atoms with Gasteiger partial charge >= 0.3 is 0 Å². The highest BCUT2D eigenvalue weighted by Gasteiger charge is 2.39. The molecule has 0 bridgehead atoms. The normalized spacial score (nSPS) is 19.8. The van der Waals surface area contributed by atoms with Crippen LogP contribution in [0.1, 0.15) is 44.7 Å². The number of ether oxygens (including phenoxy) is 2. The number of halogens is 1. The maximum absolute atomic E-state index is 12.9. The van der Waals surface area contributed by atoms with E-state index in [-0.39, 0.29) is 37.2 Å². The molecule has 2 saturated heterocycles. The summed E-state index contributed by atoms with van der Waals surface area (Å²) in [5, 5.41) is 5.55. The van der Waals surface area contributed by atoms with Crippen LogP contribution in [0.2, 0.25) is 5.02 Å². The zero-order chi connectivity index (χ0) is 26.6. The molecule has 11 heteroatoms. The highest BCUT2D eigenvalue weighted by atomic mass is 35.5. The van der Waals surface area contributed by atoms with Gasteiger partial charge in [0.1, 0.15) is 18.4 Å². The van der Waals surface area contributed by atoms with Gasteiger partial charge in [0.2, 0.25) is 11.8 Å². The average molecular weight is 541 g/mol. The summed E-state index contributed by atoms with van der Waals surface area (Å²) in [5.41, 5.74) is 2.55. The fourth-order valence-electron chi connectivity index (χ4n) is 4.89. The largest absolute Gasteiger partial charge is 0.491 e. The zero-order valence-corrected chi connectivity index (χ0v) is 21.6. The molecule has 2 aromatic carbocycles. The molecule has 1 unspecified atom stereocenters. The summed E-state index contributed by atoms with van der Waals surface area (Å²) in [7, 11) is 0. The van der Waals surface area contributed by atoms with Crippen LogP contribution in [0.4, 0.5) is 0 Å². The summed E-state index contributed by atoms with van der Waals surface area (Å²) in [6, 6.07) is 9.64. The maximum atomic E-state index is 12.9. The number of rotatable bonds is 8. The van der Waals surface area contributed by atoms with Gasteiger partial charge in [0.15, 0.2) is 0 Å². The maximum Gasteiger partial charge on any atom is 0.255 e. The van der Waals surface area contributed by atoms with Crippen molar-refractivity contribution in [2.24, 2.45) is 0 Å². The number of benzene rings is 2. The number of amides is 4. The van der Waals surface area contributed by atoms with Crippen LogP contribution in [-0.4, -0.2) is 78.9 Å². The topological polar surface area (TPSA) is 117 Å². The van der Waals surface area contributed by atoms with Crippen LogP contribution in [0.25, 0.3) is 0 Å². The average Bonchev–Trinajstić information content (AvgIpc) is 3.24. The number of imide groups is 1. The van der Waals surface area contributed by atoms with Gasteiger partial charge in [-0.3, -0.25) is 29.4 Å². The number of hydrogen-bond donors (Lipinski definition) is 2. The van der Waals surface area contributed by atoms with Crippen molar-refractivity contribution in [3.05, 3.63) is 63.7 Å². The minimum Gasteiger partial charge on any atom is -0.491 e. The molecule has 0 aromatic heterocycles. The third kappa shape index (κ3) is 5.82. The van der Waals surface area contributed by atoms with Crippen molar-refractivity contribution in [2.75, 3.05) is 39.5 Å². The summed E-state index contributed by atoms with van der Waals surface area (Å²) >= 11 is 6.36. The first-order chi connectivity index (χ1) is 18.4. The van der Waals surface area contributed by atoms with Crippen molar-refractivity contribution in [1.29, 1.82) is 0 Å². The van der Waals surface area contributed by atoms with Gasteiger partial charge in [-0.25, -0.2) is 0 Å². The molecule has 0 aliphatic carbocycles. The predicted octanol–water partition coefficient (Wildman–Crippen LogP) is 1.74. The Bertz CT molecular complexity index is 1260. The third-order valence-electron chi connectivity index (χ3n) is 7.00. The van der Waals surface area contributed by atoms with Crippen LogP contribution < -0.4 is 15.4 Å². The lowest BCUT2D eigenvalue weighted by molar-refractivity contribution is -0.136. The van der Waals surface area contributed by atoms with Crippen LogP contribution in [-0.2, 0) is 27.4 Å². The van der Waals surface area contributed by atoms with Crippen molar-refractivity contribution in [3.63, 3.8) is 0 Å². The molecule has 3 heterocycles. The first-order valence-electron chi connectivity index (χ1n) is 12.7. The van der Waals surface area contributed by atoms with E-state index in [1.165, 1.54) is 4.90 Å². The molecule has 0 saturated carbocycles. The molecule has 200 valence electrons. The molecule has 4 amide bonds. The molecule has 0 radical (unpaired) electrons. The molecular weight excluding hydrogens is 512 g/mol. The molecule has 5 rings (SSSR count). The van der Waals surface area contributed by atoms with Gasteiger partial charge in [-0.05, 0) is 41.8 Å². The number of nitrogens with zero attached hydrogens (tertiary/aromatic N) is 2. The Morgan fingerprint density at radius 3 is 2.71 bits per heavy atom. The number of carbonyl (C=O) groups is 4. The van der Waals surface area contributed by atoms with Crippen molar-refractivity contribution in [2.45, 2.75) is 32.0 Å².